The maximum Gasteiger partial charge on any atom is 0.191 e. The monoisotopic (exact) mass is 566 g/mol. The SMILES string of the molecule is CCCOc1cc(C)ccc1CNC(=NC)NCc1ccnc(N2CCN(CC)CC2)c1.I. The van der Waals surface area contributed by atoms with E-state index in [-0.39, 0.29) is 24.0 Å². The van der Waals surface area contributed by atoms with Gasteiger partial charge in [0.2, 0.25) is 0 Å². The minimum absolute atomic E-state index is 0. The smallest absolute Gasteiger partial charge is 0.191 e. The van der Waals surface area contributed by atoms with Crippen LogP contribution < -0.4 is 20.3 Å². The third-order valence-electron chi connectivity index (χ3n) is 5.77. The Morgan fingerprint density at radius 3 is 2.52 bits per heavy atom. The molecule has 0 saturated carbocycles. The van der Waals surface area contributed by atoms with E-state index in [4.69, 9.17) is 4.74 Å². The van der Waals surface area contributed by atoms with E-state index >= 15 is 0 Å². The number of halogens is 1. The number of nitrogens with zero attached hydrogens (tertiary/aromatic N) is 4. The Balaban J connectivity index is 0.00000385. The van der Waals surface area contributed by atoms with Gasteiger partial charge in [-0.25, -0.2) is 4.98 Å². The van der Waals surface area contributed by atoms with Gasteiger partial charge in [0.25, 0.3) is 0 Å². The van der Waals surface area contributed by atoms with Crippen molar-refractivity contribution in [2.75, 3.05) is 51.3 Å². The number of anilines is 1. The molecule has 1 fully saturated rings. The number of benzene rings is 1. The summed E-state index contributed by atoms with van der Waals surface area (Å²) in [5, 5.41) is 6.83. The largest absolute Gasteiger partial charge is 0.493 e. The second kappa shape index (κ2) is 14.2. The van der Waals surface area contributed by atoms with Crippen LogP contribution in [0.3, 0.4) is 0 Å². The number of aromatic nitrogens is 1. The van der Waals surface area contributed by atoms with Gasteiger partial charge in [0.05, 0.1) is 6.61 Å². The van der Waals surface area contributed by atoms with Gasteiger partial charge in [0.15, 0.2) is 5.96 Å². The van der Waals surface area contributed by atoms with Crippen molar-refractivity contribution in [3.05, 3.63) is 53.2 Å². The number of nitrogens with one attached hydrogen (secondary N) is 2. The predicted octanol–water partition coefficient (Wildman–Crippen LogP) is 3.80. The highest BCUT2D eigenvalue weighted by atomic mass is 127. The van der Waals surface area contributed by atoms with Gasteiger partial charge in [-0.15, -0.1) is 24.0 Å². The van der Waals surface area contributed by atoms with Crippen molar-refractivity contribution >= 4 is 35.8 Å². The normalized spacial score (nSPS) is 14.5. The molecule has 1 saturated heterocycles. The van der Waals surface area contributed by atoms with Crippen molar-refractivity contribution < 1.29 is 4.74 Å². The number of pyridine rings is 1. The lowest BCUT2D eigenvalue weighted by atomic mass is 10.1. The van der Waals surface area contributed by atoms with Crippen molar-refractivity contribution in [3.63, 3.8) is 0 Å². The number of aryl methyl sites for hydroxylation is 1. The van der Waals surface area contributed by atoms with Gasteiger partial charge in [0, 0.05) is 58.1 Å². The Morgan fingerprint density at radius 2 is 1.82 bits per heavy atom. The first-order valence-corrected chi connectivity index (χ1v) is 11.7. The van der Waals surface area contributed by atoms with Crippen LogP contribution in [0, 0.1) is 6.92 Å². The third-order valence-corrected chi connectivity index (χ3v) is 5.77. The Bertz CT molecular complexity index is 883. The maximum absolute atomic E-state index is 5.93. The fraction of sp³-hybridized carbons (Fsp3) is 0.520. The number of hydrogen-bond donors (Lipinski definition) is 2. The highest BCUT2D eigenvalue weighted by Gasteiger charge is 2.17. The second-order valence-electron chi connectivity index (χ2n) is 8.18. The molecule has 0 atom stereocenters. The fourth-order valence-electron chi connectivity index (χ4n) is 3.78. The van der Waals surface area contributed by atoms with Crippen molar-refractivity contribution in [1.82, 2.24) is 20.5 Å². The summed E-state index contributed by atoms with van der Waals surface area (Å²) in [4.78, 5) is 13.8. The van der Waals surface area contributed by atoms with E-state index in [9.17, 15) is 0 Å². The number of piperazine rings is 1. The van der Waals surface area contributed by atoms with Crippen LogP contribution in [0.15, 0.2) is 41.5 Å². The summed E-state index contributed by atoms with van der Waals surface area (Å²) in [6, 6.07) is 10.6. The van der Waals surface area contributed by atoms with E-state index < -0.39 is 0 Å². The summed E-state index contributed by atoms with van der Waals surface area (Å²) in [6.45, 7) is 13.9. The zero-order valence-electron chi connectivity index (χ0n) is 20.4. The molecule has 0 spiro atoms. The Labute approximate surface area is 216 Å². The molecule has 0 amide bonds. The average molecular weight is 567 g/mol. The van der Waals surface area contributed by atoms with E-state index in [2.05, 4.69) is 81.5 Å². The van der Waals surface area contributed by atoms with Crippen molar-refractivity contribution in [2.24, 2.45) is 4.99 Å². The summed E-state index contributed by atoms with van der Waals surface area (Å²) in [5.41, 5.74) is 3.52. The van der Waals surface area contributed by atoms with Crippen LogP contribution in [0.2, 0.25) is 0 Å². The van der Waals surface area contributed by atoms with Gasteiger partial charge in [0.1, 0.15) is 11.6 Å². The number of rotatable bonds is 9. The standard InChI is InChI=1S/C25H38N6O.HI/c1-5-15-32-23-16-20(3)7-8-22(23)19-29-25(26-4)28-18-21-9-10-27-24(17-21)31-13-11-30(6-2)12-14-31;/h7-10,16-17H,5-6,11-15,18-19H2,1-4H3,(H2,26,28,29);1H. The topological polar surface area (TPSA) is 65.0 Å². The third kappa shape index (κ3) is 8.33. The molecule has 1 aromatic carbocycles. The van der Waals surface area contributed by atoms with Crippen LogP contribution in [-0.4, -0.2) is 62.2 Å². The second-order valence-corrected chi connectivity index (χ2v) is 8.18. The van der Waals surface area contributed by atoms with Crippen LogP contribution in [-0.2, 0) is 13.1 Å². The first kappa shape index (κ1) is 27.2. The molecular formula is C25H39IN6O. The minimum Gasteiger partial charge on any atom is -0.493 e. The molecule has 2 heterocycles. The minimum atomic E-state index is 0. The van der Waals surface area contributed by atoms with Crippen LogP contribution >= 0.6 is 24.0 Å². The molecule has 3 rings (SSSR count). The van der Waals surface area contributed by atoms with Crippen LogP contribution in [0.5, 0.6) is 5.75 Å². The van der Waals surface area contributed by atoms with E-state index in [1.165, 1.54) is 11.1 Å². The first-order valence-electron chi connectivity index (χ1n) is 11.7. The number of likely N-dealkylation sites (N-methyl/N-ethyl adjacent to an activating group) is 1. The van der Waals surface area contributed by atoms with E-state index in [0.29, 0.717) is 13.1 Å². The zero-order valence-corrected chi connectivity index (χ0v) is 22.8. The van der Waals surface area contributed by atoms with Crippen molar-refractivity contribution in [1.29, 1.82) is 0 Å². The van der Waals surface area contributed by atoms with Crippen molar-refractivity contribution in [3.8, 4) is 5.75 Å². The summed E-state index contributed by atoms with van der Waals surface area (Å²) in [5.74, 6) is 2.76. The molecule has 0 radical (unpaired) electrons. The number of aliphatic imine (C=N–C) groups is 1. The zero-order chi connectivity index (χ0) is 22.8. The summed E-state index contributed by atoms with van der Waals surface area (Å²) in [6.07, 6.45) is 2.89. The van der Waals surface area contributed by atoms with E-state index in [1.54, 1.807) is 7.05 Å². The van der Waals surface area contributed by atoms with Gasteiger partial charge < -0.3 is 25.2 Å². The lowest BCUT2D eigenvalue weighted by molar-refractivity contribution is 0.270. The highest BCUT2D eigenvalue weighted by Crippen LogP contribution is 2.20. The van der Waals surface area contributed by atoms with Gasteiger partial charge in [-0.05, 0) is 49.2 Å². The maximum atomic E-state index is 5.93. The lowest BCUT2D eigenvalue weighted by Gasteiger charge is -2.34. The molecule has 0 aliphatic carbocycles. The Kier molecular flexibility index (Phi) is 11.7. The molecule has 33 heavy (non-hydrogen) atoms. The summed E-state index contributed by atoms with van der Waals surface area (Å²) < 4.78 is 5.93. The molecule has 8 heteroatoms. The quantitative estimate of drug-likeness (QED) is 0.274. The molecule has 2 aromatic rings. The van der Waals surface area contributed by atoms with Gasteiger partial charge in [-0.2, -0.15) is 0 Å². The first-order chi connectivity index (χ1) is 15.6. The molecule has 1 aliphatic heterocycles. The van der Waals surface area contributed by atoms with Crippen molar-refractivity contribution in [2.45, 2.75) is 40.3 Å². The van der Waals surface area contributed by atoms with Crippen LogP contribution in [0.25, 0.3) is 0 Å². The molecular weight excluding hydrogens is 527 g/mol. The number of guanidine groups is 1. The molecule has 0 bridgehead atoms. The summed E-state index contributed by atoms with van der Waals surface area (Å²) in [7, 11) is 1.80. The number of hydrogen-bond acceptors (Lipinski definition) is 5. The molecule has 7 nitrogen and oxygen atoms in total. The lowest BCUT2D eigenvalue weighted by Crippen LogP contribution is -2.46. The molecule has 182 valence electrons. The predicted molar refractivity (Wildman–Crippen MR) is 148 cm³/mol. The average Bonchev–Trinajstić information content (AvgIpc) is 2.84. The molecule has 1 aliphatic rings. The Morgan fingerprint density at radius 1 is 1.06 bits per heavy atom. The fourth-order valence-corrected chi connectivity index (χ4v) is 3.78. The highest BCUT2D eigenvalue weighted by molar-refractivity contribution is 14.0. The number of ether oxygens (including phenoxy) is 1. The van der Waals surface area contributed by atoms with E-state index in [0.717, 1.165) is 68.8 Å². The van der Waals surface area contributed by atoms with Crippen LogP contribution in [0.4, 0.5) is 5.82 Å². The molecule has 2 N–H and O–H groups in total. The van der Waals surface area contributed by atoms with Gasteiger partial charge in [-0.1, -0.05) is 26.0 Å². The summed E-state index contributed by atoms with van der Waals surface area (Å²) >= 11 is 0. The van der Waals surface area contributed by atoms with Crippen LogP contribution in [0.1, 0.15) is 37.0 Å². The molecule has 0 unspecified atom stereocenters. The Hall–Kier alpha value is -2.07. The van der Waals surface area contributed by atoms with Gasteiger partial charge >= 0.3 is 0 Å². The molecule has 1 aromatic heterocycles. The van der Waals surface area contributed by atoms with Gasteiger partial charge in [-0.3, -0.25) is 4.99 Å². The van der Waals surface area contributed by atoms with E-state index in [1.807, 2.05) is 6.20 Å².